The lowest BCUT2D eigenvalue weighted by Gasteiger charge is -2.23. The van der Waals surface area contributed by atoms with Gasteiger partial charge in [0, 0.05) is 23.6 Å². The van der Waals surface area contributed by atoms with Crippen molar-refractivity contribution in [3.8, 4) is 5.75 Å². The molecule has 0 saturated heterocycles. The van der Waals surface area contributed by atoms with Gasteiger partial charge in [-0.1, -0.05) is 53.7 Å². The lowest BCUT2D eigenvalue weighted by Crippen LogP contribution is -2.25. The maximum atomic E-state index is 12.7. The van der Waals surface area contributed by atoms with Crippen LogP contribution in [0.25, 0.3) is 0 Å². The Bertz CT molecular complexity index is 1330. The van der Waals surface area contributed by atoms with E-state index in [-0.39, 0.29) is 24.3 Å². The number of hydrogen-bond donors (Lipinski definition) is 1. The van der Waals surface area contributed by atoms with Crippen molar-refractivity contribution in [3.63, 3.8) is 0 Å². The number of ether oxygens (including phenoxy) is 1. The van der Waals surface area contributed by atoms with E-state index >= 15 is 0 Å². The largest absolute Gasteiger partial charge is 0.497 e. The highest BCUT2D eigenvalue weighted by Gasteiger charge is 2.39. The van der Waals surface area contributed by atoms with Crippen LogP contribution in [0.15, 0.2) is 89.0 Å². The van der Waals surface area contributed by atoms with Gasteiger partial charge in [-0.25, -0.2) is 5.01 Å². The Hall–Kier alpha value is -3.62. The van der Waals surface area contributed by atoms with Gasteiger partial charge in [0.05, 0.1) is 18.9 Å². The number of anilines is 1. The number of rotatable bonds is 6. The first-order valence-corrected chi connectivity index (χ1v) is 12.7. The van der Waals surface area contributed by atoms with Gasteiger partial charge in [-0.05, 0) is 59.7 Å². The van der Waals surface area contributed by atoms with Crippen LogP contribution in [0.5, 0.6) is 5.75 Å². The van der Waals surface area contributed by atoms with Crippen LogP contribution < -0.4 is 10.1 Å². The maximum absolute atomic E-state index is 12.7. The molecule has 36 heavy (non-hydrogen) atoms. The predicted octanol–water partition coefficient (Wildman–Crippen LogP) is 5.53. The fourth-order valence-electron chi connectivity index (χ4n) is 4.10. The van der Waals surface area contributed by atoms with Crippen molar-refractivity contribution in [1.29, 1.82) is 0 Å². The van der Waals surface area contributed by atoms with Gasteiger partial charge < -0.3 is 10.1 Å². The zero-order valence-electron chi connectivity index (χ0n) is 19.4. The first-order valence-electron chi connectivity index (χ1n) is 11.4. The number of carbonyl (C=O) groups is 2. The van der Waals surface area contributed by atoms with Crippen molar-refractivity contribution in [2.45, 2.75) is 24.1 Å². The molecule has 7 nitrogen and oxygen atoms in total. The topological polar surface area (TPSA) is 83.4 Å². The van der Waals surface area contributed by atoms with Crippen LogP contribution >= 0.6 is 23.4 Å². The van der Waals surface area contributed by atoms with Gasteiger partial charge in [0.25, 0.3) is 5.91 Å². The molecule has 0 unspecified atom stereocenters. The predicted molar refractivity (Wildman–Crippen MR) is 144 cm³/mol. The second-order valence-corrected chi connectivity index (χ2v) is 9.95. The van der Waals surface area contributed by atoms with Crippen molar-refractivity contribution >= 4 is 51.7 Å². The van der Waals surface area contributed by atoms with Crippen LogP contribution in [-0.2, 0) is 9.59 Å². The zero-order chi connectivity index (χ0) is 25.1. The molecule has 2 amide bonds. The van der Waals surface area contributed by atoms with Crippen LogP contribution in [0.3, 0.4) is 0 Å². The summed E-state index contributed by atoms with van der Waals surface area (Å²) in [6.45, 7) is 0. The Kier molecular flexibility index (Phi) is 7.06. The number of thioether (sulfide) groups is 1. The first-order chi connectivity index (χ1) is 17.5. The highest BCUT2D eigenvalue weighted by Crippen LogP contribution is 2.38. The molecule has 0 bridgehead atoms. The van der Waals surface area contributed by atoms with Gasteiger partial charge >= 0.3 is 0 Å². The molecule has 2 aliphatic rings. The van der Waals surface area contributed by atoms with E-state index in [0.717, 1.165) is 22.6 Å². The van der Waals surface area contributed by atoms with Gasteiger partial charge in [-0.15, -0.1) is 0 Å². The summed E-state index contributed by atoms with van der Waals surface area (Å²) in [5, 5.41) is 9.97. The molecule has 2 atom stereocenters. The number of nitrogens with one attached hydrogen (secondary N) is 1. The average molecular weight is 519 g/mol. The van der Waals surface area contributed by atoms with Crippen molar-refractivity contribution in [2.24, 2.45) is 10.1 Å². The quantitative estimate of drug-likeness (QED) is 0.464. The number of amidine groups is 1. The zero-order valence-corrected chi connectivity index (χ0v) is 21.0. The summed E-state index contributed by atoms with van der Waals surface area (Å²) in [4.78, 5) is 29.6. The molecular weight excluding hydrogens is 496 g/mol. The Labute approximate surface area is 218 Å². The average Bonchev–Trinajstić information content (AvgIpc) is 3.50. The van der Waals surface area contributed by atoms with Crippen LogP contribution in [0.2, 0.25) is 5.02 Å². The van der Waals surface area contributed by atoms with E-state index in [1.807, 2.05) is 59.6 Å². The number of hydrogen-bond acceptors (Lipinski definition) is 6. The van der Waals surface area contributed by atoms with Crippen molar-refractivity contribution in [3.05, 3.63) is 95.0 Å². The highest BCUT2D eigenvalue weighted by atomic mass is 35.5. The molecule has 2 heterocycles. The Balaban J connectivity index is 1.33. The number of halogens is 1. The number of nitrogens with zero attached hydrogens (tertiary/aromatic N) is 3. The van der Waals surface area contributed by atoms with E-state index in [4.69, 9.17) is 21.4 Å². The fourth-order valence-corrected chi connectivity index (χ4v) is 5.29. The number of aliphatic imine (C=N–C) groups is 1. The smallest absolute Gasteiger partial charge is 0.262 e. The molecule has 3 aromatic rings. The molecule has 1 N–H and O–H groups in total. The number of methoxy groups -OCH3 is 1. The van der Waals surface area contributed by atoms with Gasteiger partial charge in [-0.3, -0.25) is 9.59 Å². The SMILES string of the molecule is COc1ccc(C2=NN(C3=NC(=O)[C@@H](CC(=O)Nc4ccc(Cl)cc4)S3)[C@H](c3ccccc3)C2)cc1. The summed E-state index contributed by atoms with van der Waals surface area (Å²) in [5.74, 6) is 0.180. The fraction of sp³-hybridized carbons (Fsp3) is 0.185. The molecule has 182 valence electrons. The van der Waals surface area contributed by atoms with Crippen LogP contribution in [0.4, 0.5) is 5.69 Å². The summed E-state index contributed by atoms with van der Waals surface area (Å²) >= 11 is 7.18. The molecule has 2 aliphatic heterocycles. The van der Waals surface area contributed by atoms with Gasteiger partial charge in [-0.2, -0.15) is 10.1 Å². The molecule has 0 radical (unpaired) electrons. The molecule has 0 fully saturated rings. The van der Waals surface area contributed by atoms with Crippen molar-refractivity contribution < 1.29 is 14.3 Å². The molecule has 0 saturated carbocycles. The van der Waals surface area contributed by atoms with Crippen LogP contribution in [0, 0.1) is 0 Å². The lowest BCUT2D eigenvalue weighted by molar-refractivity contribution is -0.121. The summed E-state index contributed by atoms with van der Waals surface area (Å²) in [7, 11) is 1.63. The molecule has 0 spiro atoms. The Morgan fingerprint density at radius 3 is 2.50 bits per heavy atom. The molecule has 3 aromatic carbocycles. The molecule has 0 aromatic heterocycles. The molecule has 5 rings (SSSR count). The second-order valence-electron chi connectivity index (χ2n) is 8.35. The van der Waals surface area contributed by atoms with Crippen LogP contribution in [-0.4, -0.2) is 40.1 Å². The van der Waals surface area contributed by atoms with E-state index in [1.54, 1.807) is 31.4 Å². The van der Waals surface area contributed by atoms with Gasteiger partial charge in [0.2, 0.25) is 5.91 Å². The Morgan fingerprint density at radius 1 is 1.08 bits per heavy atom. The summed E-state index contributed by atoms with van der Waals surface area (Å²) < 4.78 is 5.27. The van der Waals surface area contributed by atoms with Gasteiger partial charge in [0.1, 0.15) is 11.0 Å². The van der Waals surface area contributed by atoms with Crippen LogP contribution in [0.1, 0.15) is 30.0 Å². The highest BCUT2D eigenvalue weighted by molar-refractivity contribution is 8.15. The third kappa shape index (κ3) is 5.29. The summed E-state index contributed by atoms with van der Waals surface area (Å²) in [6.07, 6.45) is 0.670. The third-order valence-corrected chi connectivity index (χ3v) is 7.34. The minimum atomic E-state index is -0.607. The maximum Gasteiger partial charge on any atom is 0.262 e. The Morgan fingerprint density at radius 2 is 1.81 bits per heavy atom. The van der Waals surface area contributed by atoms with Gasteiger partial charge in [0.15, 0.2) is 5.17 Å². The number of hydrazone groups is 1. The second kappa shape index (κ2) is 10.6. The minimum Gasteiger partial charge on any atom is -0.497 e. The number of carbonyl (C=O) groups excluding carboxylic acids is 2. The molecule has 0 aliphatic carbocycles. The monoisotopic (exact) mass is 518 g/mol. The third-order valence-electron chi connectivity index (χ3n) is 5.94. The molecular formula is C27H23ClN4O3S. The summed E-state index contributed by atoms with van der Waals surface area (Å²) in [5.41, 5.74) is 3.57. The van der Waals surface area contributed by atoms with E-state index < -0.39 is 5.25 Å². The van der Waals surface area contributed by atoms with E-state index in [2.05, 4.69) is 10.3 Å². The summed E-state index contributed by atoms with van der Waals surface area (Å²) in [6, 6.07) is 24.5. The normalized spacial score (nSPS) is 19.2. The van der Waals surface area contributed by atoms with E-state index in [0.29, 0.717) is 22.3 Å². The van der Waals surface area contributed by atoms with Crippen molar-refractivity contribution in [2.75, 3.05) is 12.4 Å². The minimum absolute atomic E-state index is 0.0119. The van der Waals surface area contributed by atoms with Crippen molar-refractivity contribution in [1.82, 2.24) is 5.01 Å². The first kappa shape index (κ1) is 24.1. The van der Waals surface area contributed by atoms with E-state index in [1.165, 1.54) is 11.8 Å². The molecule has 9 heteroatoms. The number of amides is 2. The van der Waals surface area contributed by atoms with E-state index in [9.17, 15) is 9.59 Å². The lowest BCUT2D eigenvalue weighted by atomic mass is 9.98. The standard InChI is InChI=1S/C27H23ClN4O3S/c1-35-21-13-7-17(8-14-21)22-15-23(18-5-3-2-4-6-18)32(31-22)27-30-26(34)24(36-27)16-25(33)29-20-11-9-19(28)10-12-20/h2-14,23-24H,15-16H2,1H3,(H,29,33)/t23-,24+/m0/s1. The number of benzene rings is 3.